The van der Waals surface area contributed by atoms with Crippen LogP contribution < -0.4 is 10.6 Å². The summed E-state index contributed by atoms with van der Waals surface area (Å²) >= 11 is 0. The number of nitrogens with one attached hydrogen (secondary N) is 2. The lowest BCUT2D eigenvalue weighted by Gasteiger charge is -2.07. The van der Waals surface area contributed by atoms with Crippen molar-refractivity contribution < 1.29 is 14.0 Å². The van der Waals surface area contributed by atoms with Crippen molar-refractivity contribution in [2.24, 2.45) is 0 Å². The van der Waals surface area contributed by atoms with Gasteiger partial charge in [-0.05, 0) is 49.2 Å². The lowest BCUT2D eigenvalue weighted by atomic mass is 10.2. The van der Waals surface area contributed by atoms with Crippen LogP contribution in [0.4, 0.5) is 5.69 Å². The zero-order valence-electron chi connectivity index (χ0n) is 12.2. The standard InChI is InChI=1S/C17H18N2O3/c20-16(10-9-15-2-1-11-22-15)18-13-5-3-12(4-6-13)17(21)19-14-7-8-14/h1-6,11,14H,7-10H2,(H,18,20)(H,19,21). The van der Waals surface area contributed by atoms with E-state index in [-0.39, 0.29) is 11.8 Å². The Morgan fingerprint density at radius 1 is 1.14 bits per heavy atom. The SMILES string of the molecule is O=C(CCc1ccco1)Nc1ccc(C(=O)NC2CC2)cc1. The molecule has 1 aliphatic carbocycles. The fourth-order valence-corrected chi connectivity index (χ4v) is 2.12. The number of carbonyl (C=O) groups excluding carboxylic acids is 2. The summed E-state index contributed by atoms with van der Waals surface area (Å²) in [6.45, 7) is 0. The molecule has 1 fully saturated rings. The third kappa shape index (κ3) is 3.97. The first kappa shape index (κ1) is 14.4. The number of furan rings is 1. The molecule has 0 bridgehead atoms. The van der Waals surface area contributed by atoms with Gasteiger partial charge in [0.1, 0.15) is 5.76 Å². The lowest BCUT2D eigenvalue weighted by molar-refractivity contribution is -0.116. The predicted octanol–water partition coefficient (Wildman–Crippen LogP) is 2.74. The molecule has 2 amide bonds. The van der Waals surface area contributed by atoms with Gasteiger partial charge in [-0.15, -0.1) is 0 Å². The molecule has 1 heterocycles. The van der Waals surface area contributed by atoms with Gasteiger partial charge in [-0.2, -0.15) is 0 Å². The summed E-state index contributed by atoms with van der Waals surface area (Å²) in [5, 5.41) is 5.74. The summed E-state index contributed by atoms with van der Waals surface area (Å²) in [5.74, 6) is 0.659. The largest absolute Gasteiger partial charge is 0.469 e. The van der Waals surface area contributed by atoms with E-state index >= 15 is 0 Å². The van der Waals surface area contributed by atoms with Gasteiger partial charge in [-0.1, -0.05) is 0 Å². The Morgan fingerprint density at radius 2 is 1.91 bits per heavy atom. The van der Waals surface area contributed by atoms with Crippen molar-refractivity contribution in [2.45, 2.75) is 31.7 Å². The van der Waals surface area contributed by atoms with Gasteiger partial charge in [-0.25, -0.2) is 0 Å². The van der Waals surface area contributed by atoms with Gasteiger partial charge < -0.3 is 15.1 Å². The van der Waals surface area contributed by atoms with Gasteiger partial charge in [0, 0.05) is 30.1 Å². The van der Waals surface area contributed by atoms with E-state index < -0.39 is 0 Å². The third-order valence-electron chi connectivity index (χ3n) is 3.52. The zero-order valence-corrected chi connectivity index (χ0v) is 12.2. The van der Waals surface area contributed by atoms with Crippen LogP contribution in [0.5, 0.6) is 0 Å². The number of amides is 2. The Morgan fingerprint density at radius 3 is 2.55 bits per heavy atom. The molecule has 0 unspecified atom stereocenters. The average Bonchev–Trinajstić information content (AvgIpc) is 3.17. The predicted molar refractivity (Wildman–Crippen MR) is 82.6 cm³/mol. The molecule has 0 aliphatic heterocycles. The number of anilines is 1. The molecular weight excluding hydrogens is 280 g/mol. The molecule has 2 aromatic rings. The highest BCUT2D eigenvalue weighted by Gasteiger charge is 2.23. The van der Waals surface area contributed by atoms with Crippen LogP contribution in [0.25, 0.3) is 0 Å². The number of rotatable bonds is 6. The van der Waals surface area contributed by atoms with Crippen molar-refractivity contribution in [2.75, 3.05) is 5.32 Å². The maximum absolute atomic E-state index is 11.9. The van der Waals surface area contributed by atoms with Crippen LogP contribution in [0.3, 0.4) is 0 Å². The fraction of sp³-hybridized carbons (Fsp3) is 0.294. The number of benzene rings is 1. The highest BCUT2D eigenvalue weighted by atomic mass is 16.3. The quantitative estimate of drug-likeness (QED) is 0.861. The van der Waals surface area contributed by atoms with Gasteiger partial charge >= 0.3 is 0 Å². The topological polar surface area (TPSA) is 71.3 Å². The van der Waals surface area contributed by atoms with Crippen LogP contribution in [0, 0.1) is 0 Å². The molecule has 1 saturated carbocycles. The molecule has 22 heavy (non-hydrogen) atoms. The molecule has 1 aromatic heterocycles. The third-order valence-corrected chi connectivity index (χ3v) is 3.52. The number of aryl methyl sites for hydroxylation is 1. The first-order valence-corrected chi connectivity index (χ1v) is 7.44. The summed E-state index contributed by atoms with van der Waals surface area (Å²) in [6.07, 6.45) is 4.65. The Balaban J connectivity index is 1.49. The van der Waals surface area contributed by atoms with Crippen LogP contribution in [-0.2, 0) is 11.2 Å². The number of carbonyl (C=O) groups is 2. The molecule has 1 aromatic carbocycles. The van der Waals surface area contributed by atoms with E-state index in [1.165, 1.54) is 0 Å². The molecule has 1 aliphatic rings. The molecule has 0 atom stereocenters. The van der Waals surface area contributed by atoms with Crippen molar-refractivity contribution in [3.8, 4) is 0 Å². The molecule has 0 spiro atoms. The summed E-state index contributed by atoms with van der Waals surface area (Å²) in [6, 6.07) is 10.9. The Kier molecular flexibility index (Phi) is 4.23. The molecule has 0 radical (unpaired) electrons. The van der Waals surface area contributed by atoms with E-state index in [2.05, 4.69) is 10.6 Å². The minimum absolute atomic E-state index is 0.0572. The van der Waals surface area contributed by atoms with Crippen molar-refractivity contribution in [1.29, 1.82) is 0 Å². The van der Waals surface area contributed by atoms with E-state index in [1.54, 1.807) is 36.6 Å². The monoisotopic (exact) mass is 298 g/mol. The average molecular weight is 298 g/mol. The summed E-state index contributed by atoms with van der Waals surface area (Å²) in [4.78, 5) is 23.7. The maximum atomic E-state index is 11.9. The van der Waals surface area contributed by atoms with Crippen LogP contribution >= 0.6 is 0 Å². The fourth-order valence-electron chi connectivity index (χ4n) is 2.12. The van der Waals surface area contributed by atoms with Gasteiger partial charge in [0.2, 0.25) is 5.91 Å². The summed E-state index contributed by atoms with van der Waals surface area (Å²) < 4.78 is 5.19. The molecule has 3 rings (SSSR count). The van der Waals surface area contributed by atoms with Gasteiger partial charge in [0.15, 0.2) is 0 Å². The van der Waals surface area contributed by atoms with Crippen LogP contribution in [0.2, 0.25) is 0 Å². The first-order valence-electron chi connectivity index (χ1n) is 7.44. The van der Waals surface area contributed by atoms with Crippen molar-refractivity contribution in [1.82, 2.24) is 5.32 Å². The molecule has 5 heteroatoms. The molecule has 2 N–H and O–H groups in total. The van der Waals surface area contributed by atoms with E-state index in [0.717, 1.165) is 18.6 Å². The Bertz CT molecular complexity index is 643. The van der Waals surface area contributed by atoms with Crippen molar-refractivity contribution in [3.05, 3.63) is 54.0 Å². The highest BCUT2D eigenvalue weighted by Crippen LogP contribution is 2.19. The van der Waals surface area contributed by atoms with E-state index in [1.807, 2.05) is 6.07 Å². The second kappa shape index (κ2) is 6.47. The number of hydrogen-bond donors (Lipinski definition) is 2. The lowest BCUT2D eigenvalue weighted by Crippen LogP contribution is -2.25. The van der Waals surface area contributed by atoms with Crippen LogP contribution in [0.1, 0.15) is 35.4 Å². The van der Waals surface area contributed by atoms with E-state index in [9.17, 15) is 9.59 Å². The van der Waals surface area contributed by atoms with Crippen LogP contribution in [0.15, 0.2) is 47.1 Å². The normalized spacial score (nSPS) is 13.6. The second-order valence-corrected chi connectivity index (χ2v) is 5.45. The minimum Gasteiger partial charge on any atom is -0.469 e. The first-order chi connectivity index (χ1) is 10.7. The maximum Gasteiger partial charge on any atom is 0.251 e. The van der Waals surface area contributed by atoms with Crippen molar-refractivity contribution >= 4 is 17.5 Å². The van der Waals surface area contributed by atoms with Gasteiger partial charge in [0.05, 0.1) is 6.26 Å². The highest BCUT2D eigenvalue weighted by molar-refractivity contribution is 5.96. The van der Waals surface area contributed by atoms with E-state index in [0.29, 0.717) is 30.1 Å². The second-order valence-electron chi connectivity index (χ2n) is 5.45. The van der Waals surface area contributed by atoms with Crippen LogP contribution in [-0.4, -0.2) is 17.9 Å². The summed E-state index contributed by atoms with van der Waals surface area (Å²) in [7, 11) is 0. The summed E-state index contributed by atoms with van der Waals surface area (Å²) in [5.41, 5.74) is 1.30. The van der Waals surface area contributed by atoms with Crippen molar-refractivity contribution in [3.63, 3.8) is 0 Å². The zero-order chi connectivity index (χ0) is 15.4. The Hall–Kier alpha value is -2.56. The molecule has 0 saturated heterocycles. The van der Waals surface area contributed by atoms with E-state index in [4.69, 9.17) is 4.42 Å². The minimum atomic E-state index is -0.0772. The molecule has 5 nitrogen and oxygen atoms in total. The van der Waals surface area contributed by atoms with Gasteiger partial charge in [0.25, 0.3) is 5.91 Å². The molecular formula is C17H18N2O3. The Labute approximate surface area is 128 Å². The molecule has 114 valence electrons. The van der Waals surface area contributed by atoms with Gasteiger partial charge in [-0.3, -0.25) is 9.59 Å². The smallest absolute Gasteiger partial charge is 0.251 e. The number of hydrogen-bond acceptors (Lipinski definition) is 3.